The lowest BCUT2D eigenvalue weighted by Gasteiger charge is -2.26. The molecule has 1 aliphatic rings. The third-order valence-electron chi connectivity index (χ3n) is 4.14. The van der Waals surface area contributed by atoms with Crippen molar-refractivity contribution >= 4 is 0 Å². The van der Waals surface area contributed by atoms with Gasteiger partial charge in [0.25, 0.3) is 0 Å². The molecule has 2 heteroatoms. The van der Waals surface area contributed by atoms with E-state index in [1.165, 1.54) is 17.5 Å². The highest BCUT2D eigenvalue weighted by atomic mass is 16.5. The van der Waals surface area contributed by atoms with Gasteiger partial charge in [-0.1, -0.05) is 48.5 Å². The van der Waals surface area contributed by atoms with E-state index >= 15 is 0 Å². The van der Waals surface area contributed by atoms with Crippen molar-refractivity contribution in [2.45, 2.75) is 25.2 Å². The van der Waals surface area contributed by atoms with E-state index in [9.17, 15) is 0 Å². The van der Waals surface area contributed by atoms with Crippen LogP contribution in [0.3, 0.4) is 0 Å². The standard InChI is InChI=1S/C19H23NO/c1-2-7-16(8-3-1)9-6-13-20-15-17-12-14-21-19-11-5-4-10-18(17)19/h1-5,7-8,10-11,17,20H,6,9,12-15H2. The van der Waals surface area contributed by atoms with Crippen molar-refractivity contribution < 1.29 is 4.74 Å². The third-order valence-corrected chi connectivity index (χ3v) is 4.14. The summed E-state index contributed by atoms with van der Waals surface area (Å²) in [6, 6.07) is 19.1. The first-order valence-corrected chi connectivity index (χ1v) is 7.90. The summed E-state index contributed by atoms with van der Waals surface area (Å²) in [4.78, 5) is 0. The van der Waals surface area contributed by atoms with Gasteiger partial charge in [-0.25, -0.2) is 0 Å². The molecule has 0 spiro atoms. The number of benzene rings is 2. The Morgan fingerprint density at radius 2 is 1.81 bits per heavy atom. The minimum absolute atomic E-state index is 0.590. The summed E-state index contributed by atoms with van der Waals surface area (Å²) >= 11 is 0. The van der Waals surface area contributed by atoms with Crippen LogP contribution in [0.15, 0.2) is 54.6 Å². The van der Waals surface area contributed by atoms with Crippen LogP contribution in [-0.2, 0) is 6.42 Å². The summed E-state index contributed by atoms with van der Waals surface area (Å²) in [5.74, 6) is 1.66. The normalized spacial score (nSPS) is 17.0. The van der Waals surface area contributed by atoms with E-state index in [4.69, 9.17) is 4.74 Å². The Labute approximate surface area is 127 Å². The summed E-state index contributed by atoms with van der Waals surface area (Å²) in [6.45, 7) is 2.97. The Bertz CT molecular complexity index is 553. The molecule has 3 rings (SSSR count). The predicted octanol–water partition coefficient (Wildman–Crippen LogP) is 3.78. The van der Waals surface area contributed by atoms with Crippen LogP contribution >= 0.6 is 0 Å². The Balaban J connectivity index is 1.42. The van der Waals surface area contributed by atoms with Gasteiger partial charge in [0.15, 0.2) is 0 Å². The molecular formula is C19H23NO. The van der Waals surface area contributed by atoms with Crippen molar-refractivity contribution in [1.29, 1.82) is 0 Å². The molecule has 2 nitrogen and oxygen atoms in total. The number of nitrogens with one attached hydrogen (secondary N) is 1. The fraction of sp³-hybridized carbons (Fsp3) is 0.368. The highest BCUT2D eigenvalue weighted by molar-refractivity contribution is 5.37. The van der Waals surface area contributed by atoms with E-state index in [1.54, 1.807) is 0 Å². The summed E-state index contributed by atoms with van der Waals surface area (Å²) in [7, 11) is 0. The van der Waals surface area contributed by atoms with Crippen molar-refractivity contribution in [1.82, 2.24) is 5.32 Å². The minimum Gasteiger partial charge on any atom is -0.493 e. The summed E-state index contributed by atoms with van der Waals surface area (Å²) < 4.78 is 5.71. The van der Waals surface area contributed by atoms with Crippen molar-refractivity contribution in [2.24, 2.45) is 0 Å². The van der Waals surface area contributed by atoms with Gasteiger partial charge in [-0.15, -0.1) is 0 Å². The Morgan fingerprint density at radius 3 is 2.71 bits per heavy atom. The van der Waals surface area contributed by atoms with Gasteiger partial charge in [0, 0.05) is 12.5 Å². The lowest BCUT2D eigenvalue weighted by molar-refractivity contribution is 0.264. The van der Waals surface area contributed by atoms with Crippen molar-refractivity contribution in [3.05, 3.63) is 65.7 Å². The molecule has 1 aliphatic heterocycles. The number of rotatable bonds is 6. The van der Waals surface area contributed by atoms with E-state index in [0.29, 0.717) is 5.92 Å². The van der Waals surface area contributed by atoms with E-state index in [1.807, 2.05) is 0 Å². The van der Waals surface area contributed by atoms with Crippen LogP contribution in [-0.4, -0.2) is 19.7 Å². The fourth-order valence-corrected chi connectivity index (χ4v) is 2.97. The second kappa shape index (κ2) is 7.28. The molecule has 1 heterocycles. The van der Waals surface area contributed by atoms with Crippen molar-refractivity contribution in [3.8, 4) is 5.75 Å². The molecule has 0 aromatic heterocycles. The van der Waals surface area contributed by atoms with Crippen LogP contribution in [0, 0.1) is 0 Å². The summed E-state index contributed by atoms with van der Waals surface area (Å²) in [5.41, 5.74) is 2.79. The number of fused-ring (bicyclic) bond motifs is 1. The van der Waals surface area contributed by atoms with Crippen LogP contribution in [0.4, 0.5) is 0 Å². The molecule has 110 valence electrons. The van der Waals surface area contributed by atoms with Crippen molar-refractivity contribution in [2.75, 3.05) is 19.7 Å². The number of aryl methyl sites for hydroxylation is 1. The molecule has 2 aromatic carbocycles. The van der Waals surface area contributed by atoms with Crippen LogP contribution in [0.25, 0.3) is 0 Å². The second-order valence-electron chi connectivity index (χ2n) is 5.67. The average molecular weight is 281 g/mol. The van der Waals surface area contributed by atoms with Gasteiger partial charge in [-0.3, -0.25) is 0 Å². The van der Waals surface area contributed by atoms with Gasteiger partial charge in [0.05, 0.1) is 6.61 Å². The Hall–Kier alpha value is -1.80. The molecular weight excluding hydrogens is 258 g/mol. The minimum atomic E-state index is 0.590. The smallest absolute Gasteiger partial charge is 0.122 e. The van der Waals surface area contributed by atoms with Crippen LogP contribution in [0.1, 0.15) is 29.9 Å². The molecule has 0 amide bonds. The number of ether oxygens (including phenoxy) is 1. The van der Waals surface area contributed by atoms with Crippen LogP contribution < -0.4 is 10.1 Å². The predicted molar refractivity (Wildman–Crippen MR) is 86.9 cm³/mol. The largest absolute Gasteiger partial charge is 0.493 e. The second-order valence-corrected chi connectivity index (χ2v) is 5.67. The fourth-order valence-electron chi connectivity index (χ4n) is 2.97. The zero-order chi connectivity index (χ0) is 14.3. The van der Waals surface area contributed by atoms with Gasteiger partial charge < -0.3 is 10.1 Å². The average Bonchev–Trinajstić information content (AvgIpc) is 2.56. The summed E-state index contributed by atoms with van der Waals surface area (Å²) in [5, 5.41) is 3.61. The highest BCUT2D eigenvalue weighted by Crippen LogP contribution is 2.32. The molecule has 0 bridgehead atoms. The van der Waals surface area contributed by atoms with Crippen LogP contribution in [0.2, 0.25) is 0 Å². The molecule has 0 saturated heterocycles. The zero-order valence-electron chi connectivity index (χ0n) is 12.4. The molecule has 0 fully saturated rings. The molecule has 21 heavy (non-hydrogen) atoms. The lowest BCUT2D eigenvalue weighted by atomic mass is 9.93. The maximum atomic E-state index is 5.71. The van der Waals surface area contributed by atoms with Crippen LogP contribution in [0.5, 0.6) is 5.75 Å². The SMILES string of the molecule is c1ccc(CCCNCC2CCOc3ccccc32)cc1. The number of hydrogen-bond acceptors (Lipinski definition) is 2. The zero-order valence-corrected chi connectivity index (χ0v) is 12.4. The molecule has 1 atom stereocenters. The van der Waals surface area contributed by atoms with E-state index in [2.05, 4.69) is 59.9 Å². The number of hydrogen-bond donors (Lipinski definition) is 1. The van der Waals surface area contributed by atoms with Gasteiger partial charge in [0.2, 0.25) is 0 Å². The maximum Gasteiger partial charge on any atom is 0.122 e. The maximum absolute atomic E-state index is 5.71. The first-order valence-electron chi connectivity index (χ1n) is 7.90. The Kier molecular flexibility index (Phi) is 4.90. The highest BCUT2D eigenvalue weighted by Gasteiger charge is 2.20. The van der Waals surface area contributed by atoms with E-state index < -0.39 is 0 Å². The van der Waals surface area contributed by atoms with E-state index in [0.717, 1.165) is 38.3 Å². The number of para-hydroxylation sites is 1. The molecule has 1 unspecified atom stereocenters. The van der Waals surface area contributed by atoms with Gasteiger partial charge in [-0.05, 0) is 43.0 Å². The first kappa shape index (κ1) is 14.2. The third kappa shape index (κ3) is 3.85. The monoisotopic (exact) mass is 281 g/mol. The summed E-state index contributed by atoms with van der Waals surface area (Å²) in [6.07, 6.45) is 3.45. The van der Waals surface area contributed by atoms with E-state index in [-0.39, 0.29) is 0 Å². The molecule has 1 N–H and O–H groups in total. The van der Waals surface area contributed by atoms with Gasteiger partial charge >= 0.3 is 0 Å². The first-order chi connectivity index (χ1) is 10.4. The molecule has 0 radical (unpaired) electrons. The molecule has 0 saturated carbocycles. The van der Waals surface area contributed by atoms with Gasteiger partial charge in [-0.2, -0.15) is 0 Å². The quantitative estimate of drug-likeness (QED) is 0.814. The molecule has 0 aliphatic carbocycles. The molecule has 2 aromatic rings. The Morgan fingerprint density at radius 1 is 1.00 bits per heavy atom. The lowest BCUT2D eigenvalue weighted by Crippen LogP contribution is -2.26. The topological polar surface area (TPSA) is 21.3 Å². The van der Waals surface area contributed by atoms with Crippen molar-refractivity contribution in [3.63, 3.8) is 0 Å². The van der Waals surface area contributed by atoms with Gasteiger partial charge in [0.1, 0.15) is 5.75 Å².